The Morgan fingerprint density at radius 1 is 1.33 bits per heavy atom. The standard InChI is InChI=1S/C15H20ClNO/c1-10(2)14(12-6-4-5-7-13(12)16)17(3)15(18)11-8-9-11/h4-7,10-11,14H,8-9H2,1-3H3. The van der Waals surface area contributed by atoms with Crippen LogP contribution in [0.1, 0.15) is 38.3 Å². The Labute approximate surface area is 114 Å². The maximum atomic E-state index is 12.2. The van der Waals surface area contributed by atoms with Crippen molar-refractivity contribution in [3.8, 4) is 0 Å². The van der Waals surface area contributed by atoms with Crippen LogP contribution >= 0.6 is 11.6 Å². The number of carbonyl (C=O) groups excluding carboxylic acids is 1. The molecule has 1 aliphatic carbocycles. The predicted octanol–water partition coefficient (Wildman–Crippen LogP) is 3.91. The third kappa shape index (κ3) is 2.69. The highest BCUT2D eigenvalue weighted by atomic mass is 35.5. The van der Waals surface area contributed by atoms with Gasteiger partial charge in [0.25, 0.3) is 0 Å². The number of benzene rings is 1. The van der Waals surface area contributed by atoms with Crippen molar-refractivity contribution in [1.29, 1.82) is 0 Å². The summed E-state index contributed by atoms with van der Waals surface area (Å²) in [5.74, 6) is 0.852. The summed E-state index contributed by atoms with van der Waals surface area (Å²) < 4.78 is 0. The molecule has 1 atom stereocenters. The number of nitrogens with zero attached hydrogens (tertiary/aromatic N) is 1. The van der Waals surface area contributed by atoms with Crippen LogP contribution in [0.3, 0.4) is 0 Å². The van der Waals surface area contributed by atoms with Gasteiger partial charge in [-0.1, -0.05) is 43.6 Å². The molecule has 0 spiro atoms. The van der Waals surface area contributed by atoms with E-state index < -0.39 is 0 Å². The van der Waals surface area contributed by atoms with Crippen LogP contribution in [0.2, 0.25) is 5.02 Å². The van der Waals surface area contributed by atoms with E-state index in [1.54, 1.807) is 0 Å². The van der Waals surface area contributed by atoms with Crippen LogP contribution in [0, 0.1) is 11.8 Å². The fraction of sp³-hybridized carbons (Fsp3) is 0.533. The third-order valence-corrected chi connectivity index (χ3v) is 3.89. The predicted molar refractivity (Wildman–Crippen MR) is 74.5 cm³/mol. The average Bonchev–Trinajstić information content (AvgIpc) is 3.14. The zero-order valence-corrected chi connectivity index (χ0v) is 11.9. The van der Waals surface area contributed by atoms with E-state index in [4.69, 9.17) is 11.6 Å². The molecule has 0 saturated heterocycles. The van der Waals surface area contributed by atoms with Crippen molar-refractivity contribution < 1.29 is 4.79 Å². The van der Waals surface area contributed by atoms with Gasteiger partial charge in [0.15, 0.2) is 0 Å². The zero-order valence-electron chi connectivity index (χ0n) is 11.2. The highest BCUT2D eigenvalue weighted by molar-refractivity contribution is 6.31. The highest BCUT2D eigenvalue weighted by Crippen LogP contribution is 2.37. The second-order valence-corrected chi connectivity index (χ2v) is 5.84. The molecule has 18 heavy (non-hydrogen) atoms. The lowest BCUT2D eigenvalue weighted by molar-refractivity contribution is -0.134. The number of halogens is 1. The fourth-order valence-electron chi connectivity index (χ4n) is 2.49. The van der Waals surface area contributed by atoms with Crippen molar-refractivity contribution in [3.05, 3.63) is 34.9 Å². The molecule has 0 aliphatic heterocycles. The molecule has 1 fully saturated rings. The SMILES string of the molecule is CC(C)C(c1ccccc1Cl)N(C)C(=O)C1CC1. The lowest BCUT2D eigenvalue weighted by Crippen LogP contribution is -2.35. The molecule has 1 saturated carbocycles. The minimum absolute atomic E-state index is 0.0619. The van der Waals surface area contributed by atoms with Gasteiger partial charge in [-0.25, -0.2) is 0 Å². The van der Waals surface area contributed by atoms with E-state index in [-0.39, 0.29) is 17.9 Å². The van der Waals surface area contributed by atoms with E-state index in [0.29, 0.717) is 5.92 Å². The maximum absolute atomic E-state index is 12.2. The minimum atomic E-state index is 0.0619. The van der Waals surface area contributed by atoms with Crippen molar-refractivity contribution in [2.75, 3.05) is 7.05 Å². The normalized spacial score (nSPS) is 16.7. The number of hydrogen-bond acceptors (Lipinski definition) is 1. The van der Waals surface area contributed by atoms with E-state index in [0.717, 1.165) is 23.4 Å². The van der Waals surface area contributed by atoms with Gasteiger partial charge in [0, 0.05) is 18.0 Å². The molecule has 1 amide bonds. The Hall–Kier alpha value is -1.02. The second kappa shape index (κ2) is 5.31. The fourth-order valence-corrected chi connectivity index (χ4v) is 2.73. The van der Waals surface area contributed by atoms with Crippen LogP contribution in [0.5, 0.6) is 0 Å². The van der Waals surface area contributed by atoms with Crippen molar-refractivity contribution in [2.45, 2.75) is 32.7 Å². The van der Waals surface area contributed by atoms with Gasteiger partial charge < -0.3 is 4.90 Å². The van der Waals surface area contributed by atoms with E-state index in [1.807, 2.05) is 36.2 Å². The van der Waals surface area contributed by atoms with Gasteiger partial charge in [0.1, 0.15) is 0 Å². The summed E-state index contributed by atoms with van der Waals surface area (Å²) in [4.78, 5) is 14.1. The average molecular weight is 266 g/mol. The molecule has 2 nitrogen and oxygen atoms in total. The Bertz CT molecular complexity index is 440. The Balaban J connectivity index is 2.28. The summed E-state index contributed by atoms with van der Waals surface area (Å²) >= 11 is 6.27. The van der Waals surface area contributed by atoms with Crippen LogP contribution in [0.15, 0.2) is 24.3 Å². The minimum Gasteiger partial charge on any atom is -0.338 e. The largest absolute Gasteiger partial charge is 0.338 e. The molecular weight excluding hydrogens is 246 g/mol. The summed E-state index contributed by atoms with van der Waals surface area (Å²) in [6.45, 7) is 4.26. The molecular formula is C15H20ClNO. The first-order chi connectivity index (χ1) is 8.52. The van der Waals surface area contributed by atoms with Gasteiger partial charge >= 0.3 is 0 Å². The summed E-state index contributed by atoms with van der Waals surface area (Å²) in [5, 5.41) is 0.742. The molecule has 98 valence electrons. The van der Waals surface area contributed by atoms with Crippen molar-refractivity contribution in [3.63, 3.8) is 0 Å². The zero-order chi connectivity index (χ0) is 13.3. The maximum Gasteiger partial charge on any atom is 0.225 e. The molecule has 0 heterocycles. The molecule has 1 aromatic rings. The van der Waals surface area contributed by atoms with Crippen molar-refractivity contribution in [1.82, 2.24) is 4.90 Å². The molecule has 0 N–H and O–H groups in total. The first-order valence-electron chi connectivity index (χ1n) is 6.53. The quantitative estimate of drug-likeness (QED) is 0.808. The first-order valence-corrected chi connectivity index (χ1v) is 6.91. The van der Waals surface area contributed by atoms with Crippen LogP contribution < -0.4 is 0 Å². The van der Waals surface area contributed by atoms with E-state index in [9.17, 15) is 4.79 Å². The number of carbonyl (C=O) groups is 1. The summed E-state index contributed by atoms with van der Waals surface area (Å²) in [7, 11) is 1.90. The first kappa shape index (κ1) is 13.4. The Morgan fingerprint density at radius 3 is 2.44 bits per heavy atom. The molecule has 2 rings (SSSR count). The van der Waals surface area contributed by atoms with Gasteiger partial charge in [0.05, 0.1) is 6.04 Å². The van der Waals surface area contributed by atoms with Gasteiger partial charge in [-0.3, -0.25) is 4.79 Å². The van der Waals surface area contributed by atoms with Gasteiger partial charge in [0.2, 0.25) is 5.91 Å². The highest BCUT2D eigenvalue weighted by Gasteiger charge is 2.36. The molecule has 1 aliphatic rings. The molecule has 1 unspecified atom stereocenters. The third-order valence-electron chi connectivity index (χ3n) is 3.55. The lowest BCUT2D eigenvalue weighted by atomic mass is 9.94. The summed E-state index contributed by atoms with van der Waals surface area (Å²) in [6, 6.07) is 7.87. The lowest BCUT2D eigenvalue weighted by Gasteiger charge is -2.32. The van der Waals surface area contributed by atoms with Gasteiger partial charge in [-0.2, -0.15) is 0 Å². The van der Waals surface area contributed by atoms with E-state index in [2.05, 4.69) is 13.8 Å². The van der Waals surface area contributed by atoms with Crippen molar-refractivity contribution >= 4 is 17.5 Å². The van der Waals surface area contributed by atoms with E-state index in [1.165, 1.54) is 0 Å². The van der Waals surface area contributed by atoms with E-state index >= 15 is 0 Å². The molecule has 3 heteroatoms. The topological polar surface area (TPSA) is 20.3 Å². The second-order valence-electron chi connectivity index (χ2n) is 5.43. The van der Waals surface area contributed by atoms with Crippen LogP contribution in [0.4, 0.5) is 0 Å². The summed E-state index contributed by atoms with van der Waals surface area (Å²) in [5.41, 5.74) is 1.05. The van der Waals surface area contributed by atoms with Crippen LogP contribution in [-0.4, -0.2) is 17.9 Å². The summed E-state index contributed by atoms with van der Waals surface area (Å²) in [6.07, 6.45) is 2.08. The monoisotopic (exact) mass is 265 g/mol. The van der Waals surface area contributed by atoms with Crippen molar-refractivity contribution in [2.24, 2.45) is 11.8 Å². The van der Waals surface area contributed by atoms with Gasteiger partial charge in [-0.05, 0) is 30.4 Å². The van der Waals surface area contributed by atoms with Crippen LogP contribution in [-0.2, 0) is 4.79 Å². The number of hydrogen-bond donors (Lipinski definition) is 0. The molecule has 0 radical (unpaired) electrons. The Morgan fingerprint density at radius 2 is 1.94 bits per heavy atom. The Kier molecular flexibility index (Phi) is 3.96. The molecule has 0 bridgehead atoms. The number of rotatable bonds is 4. The smallest absolute Gasteiger partial charge is 0.225 e. The molecule has 1 aromatic carbocycles. The van der Waals surface area contributed by atoms with Gasteiger partial charge in [-0.15, -0.1) is 0 Å². The molecule has 0 aromatic heterocycles. The number of amides is 1. The van der Waals surface area contributed by atoms with Crippen LogP contribution in [0.25, 0.3) is 0 Å².